The quantitative estimate of drug-likeness (QED) is 0.303. The number of carbonyl (C=O) groups is 2. The molecule has 0 fully saturated rings. The normalized spacial score (nSPS) is 9.55. The Kier molecular flexibility index (Phi) is 9.11. The standard InChI is InChI=1S/C4H5NO3.CH3NO/c1-3(4(7)8)5-2-6;2-1-3/h3H,1H3,(H,7,8);1H,(H2,2,3). The molecule has 0 aliphatic rings. The van der Waals surface area contributed by atoms with Gasteiger partial charge >= 0.3 is 5.97 Å². The maximum Gasteiger partial charge on any atom is 0.329 e. The van der Waals surface area contributed by atoms with Crippen LogP contribution in [0.3, 0.4) is 0 Å². The number of aliphatic imine (C=N–C) groups is 1. The summed E-state index contributed by atoms with van der Waals surface area (Å²) in [6.45, 7) is 1.30. The molecule has 1 unspecified atom stereocenters. The van der Waals surface area contributed by atoms with Crippen molar-refractivity contribution in [3.05, 3.63) is 0 Å². The van der Waals surface area contributed by atoms with Crippen molar-refractivity contribution in [2.75, 3.05) is 0 Å². The number of amides is 1. The summed E-state index contributed by atoms with van der Waals surface area (Å²) in [5.41, 5.74) is 4.17. The Morgan fingerprint density at radius 3 is 2.27 bits per heavy atom. The van der Waals surface area contributed by atoms with Gasteiger partial charge in [0.1, 0.15) is 0 Å². The van der Waals surface area contributed by atoms with Crippen molar-refractivity contribution in [3.63, 3.8) is 0 Å². The van der Waals surface area contributed by atoms with E-state index in [1.807, 2.05) is 0 Å². The highest BCUT2D eigenvalue weighted by Crippen LogP contribution is 1.84. The zero-order valence-corrected chi connectivity index (χ0v) is 5.85. The number of hydrogen-bond donors (Lipinski definition) is 2. The van der Waals surface area contributed by atoms with Gasteiger partial charge in [0.15, 0.2) is 6.04 Å². The van der Waals surface area contributed by atoms with Crippen molar-refractivity contribution in [2.45, 2.75) is 13.0 Å². The maximum atomic E-state index is 9.82. The van der Waals surface area contributed by atoms with Crippen LogP contribution in [0.25, 0.3) is 0 Å². The minimum atomic E-state index is -1.12. The number of hydrogen-bond acceptors (Lipinski definition) is 4. The second-order valence-corrected chi connectivity index (χ2v) is 1.37. The summed E-state index contributed by atoms with van der Waals surface area (Å²) in [4.78, 5) is 30.7. The van der Waals surface area contributed by atoms with E-state index >= 15 is 0 Å². The molecule has 0 heterocycles. The number of primary amides is 1. The second-order valence-electron chi connectivity index (χ2n) is 1.37. The molecule has 0 aromatic heterocycles. The second kappa shape index (κ2) is 8.32. The lowest BCUT2D eigenvalue weighted by molar-refractivity contribution is -0.138. The van der Waals surface area contributed by atoms with Gasteiger partial charge in [0.25, 0.3) is 0 Å². The van der Waals surface area contributed by atoms with Gasteiger partial charge in [0.2, 0.25) is 12.5 Å². The molecule has 0 aliphatic heterocycles. The average Bonchev–Trinajstić information content (AvgIpc) is 1.90. The van der Waals surface area contributed by atoms with Crippen LogP contribution < -0.4 is 5.73 Å². The predicted molar refractivity (Wildman–Crippen MR) is 35.5 cm³/mol. The number of aliphatic carboxylic acids is 1. The van der Waals surface area contributed by atoms with E-state index in [1.165, 1.54) is 6.92 Å². The average molecular weight is 160 g/mol. The summed E-state index contributed by atoms with van der Waals surface area (Å²) in [6, 6.07) is -0.965. The first-order chi connectivity index (χ1) is 5.09. The third-order valence-corrected chi connectivity index (χ3v) is 0.604. The Bertz CT molecular complexity index is 171. The summed E-state index contributed by atoms with van der Waals surface area (Å²) in [5.74, 6) is -1.12. The van der Waals surface area contributed by atoms with Crippen LogP contribution in [0, 0.1) is 0 Å². The zero-order valence-electron chi connectivity index (χ0n) is 5.85. The fraction of sp³-hybridized carbons (Fsp3) is 0.400. The van der Waals surface area contributed by atoms with Crippen LogP contribution in [0.15, 0.2) is 4.99 Å². The van der Waals surface area contributed by atoms with E-state index in [2.05, 4.69) is 10.7 Å². The molecule has 0 bridgehead atoms. The molecule has 0 radical (unpaired) electrons. The number of nitrogens with two attached hydrogens (primary N) is 1. The van der Waals surface area contributed by atoms with Crippen LogP contribution in [-0.2, 0) is 14.4 Å². The van der Waals surface area contributed by atoms with Gasteiger partial charge in [-0.05, 0) is 6.92 Å². The van der Waals surface area contributed by atoms with Gasteiger partial charge in [-0.3, -0.25) is 4.79 Å². The third kappa shape index (κ3) is 11.7. The first-order valence-electron chi connectivity index (χ1n) is 2.55. The van der Waals surface area contributed by atoms with E-state index in [4.69, 9.17) is 9.90 Å². The van der Waals surface area contributed by atoms with E-state index < -0.39 is 12.0 Å². The monoisotopic (exact) mass is 160 g/mol. The molecule has 0 saturated heterocycles. The lowest BCUT2D eigenvalue weighted by Crippen LogP contribution is -2.12. The van der Waals surface area contributed by atoms with Gasteiger partial charge in [-0.15, -0.1) is 0 Å². The SMILES string of the molecule is CC(N=C=O)C(=O)O.NC=O. The van der Waals surface area contributed by atoms with Crippen LogP contribution in [0.4, 0.5) is 0 Å². The summed E-state index contributed by atoms with van der Waals surface area (Å²) in [6.07, 6.45) is 1.39. The van der Waals surface area contributed by atoms with Crippen LogP contribution in [0.1, 0.15) is 6.92 Å². The summed E-state index contributed by atoms with van der Waals surface area (Å²) in [7, 11) is 0. The number of carboxylic acids is 1. The molecule has 0 saturated carbocycles. The zero-order chi connectivity index (χ0) is 9.28. The van der Waals surface area contributed by atoms with Crippen molar-refractivity contribution in [1.82, 2.24) is 0 Å². The molecule has 1 amide bonds. The van der Waals surface area contributed by atoms with Gasteiger partial charge in [0, 0.05) is 0 Å². The van der Waals surface area contributed by atoms with E-state index in [9.17, 15) is 9.59 Å². The highest BCUT2D eigenvalue weighted by atomic mass is 16.4. The first kappa shape index (κ1) is 12.0. The van der Waals surface area contributed by atoms with Crippen LogP contribution in [0.2, 0.25) is 0 Å². The molecule has 6 nitrogen and oxygen atoms in total. The number of carboxylic acid groups (broad SMARTS) is 1. The molecule has 3 N–H and O–H groups in total. The third-order valence-electron chi connectivity index (χ3n) is 0.604. The number of isocyanates is 1. The molecule has 6 heteroatoms. The van der Waals surface area contributed by atoms with Crippen LogP contribution >= 0.6 is 0 Å². The van der Waals surface area contributed by atoms with Gasteiger partial charge < -0.3 is 10.8 Å². The van der Waals surface area contributed by atoms with Crippen molar-refractivity contribution in [1.29, 1.82) is 0 Å². The molecule has 11 heavy (non-hydrogen) atoms. The van der Waals surface area contributed by atoms with Crippen LogP contribution in [-0.4, -0.2) is 29.6 Å². The Morgan fingerprint density at radius 1 is 1.82 bits per heavy atom. The highest BCUT2D eigenvalue weighted by Gasteiger charge is 2.06. The van der Waals surface area contributed by atoms with Gasteiger partial charge in [-0.25, -0.2) is 9.59 Å². The predicted octanol–water partition coefficient (Wildman–Crippen LogP) is -1.10. The van der Waals surface area contributed by atoms with E-state index in [0.717, 1.165) is 6.08 Å². The molecular formula is C5H8N2O4. The number of rotatable bonds is 2. The molecule has 0 aliphatic carbocycles. The van der Waals surface area contributed by atoms with Crippen molar-refractivity contribution >= 4 is 18.5 Å². The maximum absolute atomic E-state index is 9.82. The molecule has 1 atom stereocenters. The minimum Gasteiger partial charge on any atom is -0.480 e. The van der Waals surface area contributed by atoms with E-state index in [1.54, 1.807) is 0 Å². The van der Waals surface area contributed by atoms with E-state index in [-0.39, 0.29) is 6.41 Å². The molecule has 62 valence electrons. The first-order valence-corrected chi connectivity index (χ1v) is 2.55. The molecular weight excluding hydrogens is 152 g/mol. The summed E-state index contributed by atoms with van der Waals surface area (Å²) < 4.78 is 0. The molecule has 0 aromatic carbocycles. The number of carbonyl (C=O) groups excluding carboxylic acids is 2. The fourth-order valence-corrected chi connectivity index (χ4v) is 0.134. The van der Waals surface area contributed by atoms with Gasteiger partial charge in [-0.2, -0.15) is 4.99 Å². The van der Waals surface area contributed by atoms with Crippen molar-refractivity contribution < 1.29 is 19.5 Å². The highest BCUT2D eigenvalue weighted by molar-refractivity contribution is 5.74. The Labute approximate surface area is 62.7 Å². The minimum absolute atomic E-state index is 0.250. The molecule has 0 spiro atoms. The summed E-state index contributed by atoms with van der Waals surface area (Å²) >= 11 is 0. The van der Waals surface area contributed by atoms with Crippen LogP contribution in [0.5, 0.6) is 0 Å². The van der Waals surface area contributed by atoms with Gasteiger partial charge in [-0.1, -0.05) is 0 Å². The number of nitrogens with zero attached hydrogens (tertiary/aromatic N) is 1. The Morgan fingerprint density at radius 2 is 2.18 bits per heavy atom. The fourth-order valence-electron chi connectivity index (χ4n) is 0.134. The van der Waals surface area contributed by atoms with E-state index in [0.29, 0.717) is 0 Å². The summed E-state index contributed by atoms with van der Waals surface area (Å²) in [5, 5.41) is 8.04. The Hall–Kier alpha value is -1.68. The smallest absolute Gasteiger partial charge is 0.329 e. The lowest BCUT2D eigenvalue weighted by Gasteiger charge is -1.90. The lowest BCUT2D eigenvalue weighted by atomic mass is 10.4. The van der Waals surface area contributed by atoms with Gasteiger partial charge in [0.05, 0.1) is 0 Å². The van der Waals surface area contributed by atoms with Crippen molar-refractivity contribution in [3.8, 4) is 0 Å². The van der Waals surface area contributed by atoms with Crippen molar-refractivity contribution in [2.24, 2.45) is 10.7 Å². The molecule has 0 aromatic rings. The largest absolute Gasteiger partial charge is 0.480 e. The molecule has 0 rings (SSSR count). The Balaban J connectivity index is 0. The topological polar surface area (TPSA) is 110 Å².